The number of rotatable bonds is 7. The lowest BCUT2D eigenvalue weighted by Gasteiger charge is -2.07. The maximum absolute atomic E-state index is 12.4. The van der Waals surface area contributed by atoms with Crippen molar-refractivity contribution in [3.8, 4) is 22.5 Å². The van der Waals surface area contributed by atoms with E-state index in [1.54, 1.807) is 0 Å². The van der Waals surface area contributed by atoms with Crippen molar-refractivity contribution in [3.63, 3.8) is 0 Å². The van der Waals surface area contributed by atoms with E-state index in [1.807, 2.05) is 49.4 Å². The Morgan fingerprint density at radius 1 is 0.906 bits per heavy atom. The lowest BCUT2D eigenvalue weighted by molar-refractivity contribution is -0.144. The number of benzene rings is 3. The van der Waals surface area contributed by atoms with E-state index in [4.69, 9.17) is 9.26 Å². The van der Waals surface area contributed by atoms with E-state index in [9.17, 15) is 4.79 Å². The van der Waals surface area contributed by atoms with Gasteiger partial charge in [0.05, 0.1) is 12.1 Å². The molecule has 4 aromatic rings. The Kier molecular flexibility index (Phi) is 5.59. The first-order valence-electron chi connectivity index (χ1n) is 11.0. The van der Waals surface area contributed by atoms with Gasteiger partial charge in [-0.25, -0.2) is 0 Å². The molecule has 0 bridgehead atoms. The molecule has 1 aliphatic rings. The maximum Gasteiger partial charge on any atom is 0.310 e. The van der Waals surface area contributed by atoms with Gasteiger partial charge in [-0.2, -0.15) is 0 Å². The molecule has 4 heteroatoms. The Bertz CT molecular complexity index is 1200. The van der Waals surface area contributed by atoms with Crippen LogP contribution in [0.5, 0.6) is 0 Å². The van der Waals surface area contributed by atoms with Crippen LogP contribution in [0.25, 0.3) is 22.5 Å². The summed E-state index contributed by atoms with van der Waals surface area (Å²) in [5.41, 5.74) is 7.11. The Hall–Kier alpha value is -3.66. The molecule has 5 rings (SSSR count). The molecule has 0 unspecified atom stereocenters. The maximum atomic E-state index is 12.4. The van der Waals surface area contributed by atoms with Gasteiger partial charge in [-0.1, -0.05) is 84.0 Å². The summed E-state index contributed by atoms with van der Waals surface area (Å²) >= 11 is 0. The van der Waals surface area contributed by atoms with E-state index < -0.39 is 0 Å². The fourth-order valence-electron chi connectivity index (χ4n) is 3.94. The summed E-state index contributed by atoms with van der Waals surface area (Å²) in [6.45, 7) is 2.11. The van der Waals surface area contributed by atoms with Gasteiger partial charge in [0.25, 0.3) is 0 Å². The standard InChI is InChI=1S/C28H25NO3/c1-19-26(17-27(30)31-18-20-5-3-2-4-6-20)28(32-29-19)25-15-13-24(14-16-25)23-11-9-22(10-12-23)21-7-8-21/h2-6,9-16,21H,7-8,17-18H2,1H3. The van der Waals surface area contributed by atoms with Gasteiger partial charge in [0.2, 0.25) is 0 Å². The van der Waals surface area contributed by atoms with Crippen LogP contribution < -0.4 is 0 Å². The normalized spacial score (nSPS) is 13.2. The van der Waals surface area contributed by atoms with Crippen LogP contribution in [0, 0.1) is 6.92 Å². The molecule has 1 heterocycles. The molecule has 1 fully saturated rings. The largest absolute Gasteiger partial charge is 0.461 e. The number of ether oxygens (including phenoxy) is 1. The Balaban J connectivity index is 1.29. The van der Waals surface area contributed by atoms with Gasteiger partial charge in [-0.15, -0.1) is 0 Å². The average molecular weight is 424 g/mol. The number of carbonyl (C=O) groups is 1. The quantitative estimate of drug-likeness (QED) is 0.319. The van der Waals surface area contributed by atoms with E-state index in [1.165, 1.54) is 24.0 Å². The molecule has 1 aromatic heterocycles. The zero-order valence-electron chi connectivity index (χ0n) is 18.1. The van der Waals surface area contributed by atoms with Crippen molar-refractivity contribution in [1.29, 1.82) is 0 Å². The zero-order chi connectivity index (χ0) is 21.9. The van der Waals surface area contributed by atoms with Gasteiger partial charge in [0.15, 0.2) is 5.76 Å². The molecule has 4 nitrogen and oxygen atoms in total. The highest BCUT2D eigenvalue weighted by Gasteiger charge is 2.23. The van der Waals surface area contributed by atoms with Crippen LogP contribution in [0.3, 0.4) is 0 Å². The molecule has 160 valence electrons. The minimum atomic E-state index is -0.297. The topological polar surface area (TPSA) is 52.3 Å². The van der Waals surface area contributed by atoms with E-state index in [-0.39, 0.29) is 19.0 Å². The summed E-state index contributed by atoms with van der Waals surface area (Å²) in [6.07, 6.45) is 2.75. The third-order valence-corrected chi connectivity index (χ3v) is 5.99. The van der Waals surface area contributed by atoms with Crippen LogP contribution in [0.2, 0.25) is 0 Å². The van der Waals surface area contributed by atoms with Crippen molar-refractivity contribution < 1.29 is 14.1 Å². The highest BCUT2D eigenvalue weighted by Crippen LogP contribution is 2.40. The van der Waals surface area contributed by atoms with Gasteiger partial charge >= 0.3 is 5.97 Å². The fraction of sp³-hybridized carbons (Fsp3) is 0.214. The van der Waals surface area contributed by atoms with E-state index in [0.29, 0.717) is 11.5 Å². The number of carbonyl (C=O) groups excluding carboxylic acids is 1. The number of aryl methyl sites for hydroxylation is 1. The van der Waals surface area contributed by atoms with Crippen LogP contribution in [0.1, 0.15) is 41.1 Å². The third-order valence-electron chi connectivity index (χ3n) is 5.99. The molecule has 1 saturated carbocycles. The molecule has 0 saturated heterocycles. The SMILES string of the molecule is Cc1noc(-c2ccc(-c3ccc(C4CC4)cc3)cc2)c1CC(=O)OCc1ccccc1. The number of hydrogen-bond acceptors (Lipinski definition) is 4. The highest BCUT2D eigenvalue weighted by molar-refractivity contribution is 5.77. The van der Waals surface area contributed by atoms with Crippen molar-refractivity contribution in [2.75, 3.05) is 0 Å². The minimum Gasteiger partial charge on any atom is -0.461 e. The van der Waals surface area contributed by atoms with E-state index in [0.717, 1.165) is 28.2 Å². The summed E-state index contributed by atoms with van der Waals surface area (Å²) < 4.78 is 11.0. The monoisotopic (exact) mass is 423 g/mol. The number of aromatic nitrogens is 1. The second-order valence-corrected chi connectivity index (χ2v) is 8.37. The van der Waals surface area contributed by atoms with Crippen LogP contribution in [-0.4, -0.2) is 11.1 Å². The van der Waals surface area contributed by atoms with Gasteiger partial charge in [-0.3, -0.25) is 4.79 Å². The van der Waals surface area contributed by atoms with Gasteiger partial charge in [-0.05, 0) is 47.9 Å². The highest BCUT2D eigenvalue weighted by atomic mass is 16.5. The molecule has 32 heavy (non-hydrogen) atoms. The molecule has 0 amide bonds. The minimum absolute atomic E-state index is 0.127. The van der Waals surface area contributed by atoms with Gasteiger partial charge in [0, 0.05) is 11.1 Å². The lowest BCUT2D eigenvalue weighted by Crippen LogP contribution is -2.09. The van der Waals surface area contributed by atoms with Crippen LogP contribution in [0.4, 0.5) is 0 Å². The Morgan fingerprint density at radius 2 is 1.53 bits per heavy atom. The van der Waals surface area contributed by atoms with Crippen molar-refractivity contribution in [3.05, 3.63) is 101 Å². The van der Waals surface area contributed by atoms with Crippen molar-refractivity contribution in [2.24, 2.45) is 0 Å². The summed E-state index contributed by atoms with van der Waals surface area (Å²) in [6, 6.07) is 26.7. The predicted octanol–water partition coefficient (Wildman–Crippen LogP) is 6.48. The molecule has 0 spiro atoms. The molecular weight excluding hydrogens is 398 g/mol. The fourth-order valence-corrected chi connectivity index (χ4v) is 3.94. The first kappa shape index (κ1) is 20.3. The summed E-state index contributed by atoms with van der Waals surface area (Å²) in [5.74, 6) is 1.09. The molecular formula is C28H25NO3. The van der Waals surface area contributed by atoms with Crippen molar-refractivity contribution in [1.82, 2.24) is 5.16 Å². The summed E-state index contributed by atoms with van der Waals surface area (Å²) in [4.78, 5) is 12.4. The Labute approximate surface area is 187 Å². The second kappa shape index (κ2) is 8.83. The summed E-state index contributed by atoms with van der Waals surface area (Å²) in [5, 5.41) is 4.09. The lowest BCUT2D eigenvalue weighted by atomic mass is 9.99. The molecule has 1 aliphatic carbocycles. The van der Waals surface area contributed by atoms with Crippen molar-refractivity contribution in [2.45, 2.75) is 38.7 Å². The second-order valence-electron chi connectivity index (χ2n) is 8.37. The molecule has 3 aromatic carbocycles. The van der Waals surface area contributed by atoms with Crippen LogP contribution in [0.15, 0.2) is 83.4 Å². The van der Waals surface area contributed by atoms with Crippen LogP contribution >= 0.6 is 0 Å². The number of esters is 1. The molecule has 0 N–H and O–H groups in total. The van der Waals surface area contributed by atoms with E-state index >= 15 is 0 Å². The number of hydrogen-bond donors (Lipinski definition) is 0. The van der Waals surface area contributed by atoms with Gasteiger partial charge < -0.3 is 9.26 Å². The van der Waals surface area contributed by atoms with Gasteiger partial charge in [0.1, 0.15) is 6.61 Å². The first-order valence-corrected chi connectivity index (χ1v) is 11.0. The molecule has 0 aliphatic heterocycles. The Morgan fingerprint density at radius 3 is 2.19 bits per heavy atom. The molecule has 0 radical (unpaired) electrons. The number of nitrogens with zero attached hydrogens (tertiary/aromatic N) is 1. The molecule has 0 atom stereocenters. The first-order chi connectivity index (χ1) is 15.7. The third kappa shape index (κ3) is 4.50. The predicted molar refractivity (Wildman–Crippen MR) is 124 cm³/mol. The van der Waals surface area contributed by atoms with Crippen LogP contribution in [-0.2, 0) is 22.6 Å². The van der Waals surface area contributed by atoms with Crippen molar-refractivity contribution >= 4 is 5.97 Å². The summed E-state index contributed by atoms with van der Waals surface area (Å²) in [7, 11) is 0. The van der Waals surface area contributed by atoms with E-state index in [2.05, 4.69) is 41.6 Å². The smallest absolute Gasteiger partial charge is 0.310 e. The average Bonchev–Trinajstić information content (AvgIpc) is 3.63. The zero-order valence-corrected chi connectivity index (χ0v) is 18.1.